The van der Waals surface area contributed by atoms with Gasteiger partial charge in [0, 0.05) is 18.2 Å². The Kier molecular flexibility index (Phi) is 3.67. The SMILES string of the molecule is Nc1cc(F)c(Cl)cc1NCc1ccccc1F. The fourth-order valence-corrected chi connectivity index (χ4v) is 1.71. The largest absolute Gasteiger partial charge is 0.397 e. The zero-order valence-corrected chi connectivity index (χ0v) is 10.1. The molecule has 0 heterocycles. The van der Waals surface area contributed by atoms with Crippen LogP contribution in [0.1, 0.15) is 5.56 Å². The lowest BCUT2D eigenvalue weighted by Gasteiger charge is -2.10. The molecule has 0 aliphatic carbocycles. The van der Waals surface area contributed by atoms with Crippen molar-refractivity contribution in [3.8, 4) is 0 Å². The molecule has 2 aromatic carbocycles. The molecule has 0 fully saturated rings. The van der Waals surface area contributed by atoms with Gasteiger partial charge in [0.25, 0.3) is 0 Å². The van der Waals surface area contributed by atoms with Crippen LogP contribution in [0.15, 0.2) is 36.4 Å². The average molecular weight is 269 g/mol. The molecule has 5 heteroatoms. The summed E-state index contributed by atoms with van der Waals surface area (Å²) in [5, 5.41) is 2.89. The molecular formula is C13H11ClF2N2. The fraction of sp³-hybridized carbons (Fsp3) is 0.0769. The smallest absolute Gasteiger partial charge is 0.143 e. The number of nitrogens with one attached hydrogen (secondary N) is 1. The average Bonchev–Trinajstić information content (AvgIpc) is 2.34. The quantitative estimate of drug-likeness (QED) is 0.831. The Morgan fingerprint density at radius 1 is 1.11 bits per heavy atom. The van der Waals surface area contributed by atoms with Gasteiger partial charge in [0.05, 0.1) is 16.4 Å². The molecule has 0 unspecified atom stereocenters. The molecule has 0 radical (unpaired) electrons. The summed E-state index contributed by atoms with van der Waals surface area (Å²) in [5.74, 6) is -0.887. The minimum atomic E-state index is -0.578. The molecule has 0 saturated heterocycles. The summed E-state index contributed by atoms with van der Waals surface area (Å²) < 4.78 is 26.5. The third kappa shape index (κ3) is 2.71. The summed E-state index contributed by atoms with van der Waals surface area (Å²) in [6.07, 6.45) is 0. The van der Waals surface area contributed by atoms with Crippen molar-refractivity contribution in [1.82, 2.24) is 0 Å². The molecule has 0 aliphatic rings. The van der Waals surface area contributed by atoms with Crippen molar-refractivity contribution < 1.29 is 8.78 Å². The molecule has 2 rings (SSSR count). The van der Waals surface area contributed by atoms with Crippen LogP contribution in [0.25, 0.3) is 0 Å². The Labute approximate surface area is 108 Å². The van der Waals surface area contributed by atoms with Crippen molar-refractivity contribution in [2.45, 2.75) is 6.54 Å². The third-order valence-electron chi connectivity index (χ3n) is 2.52. The van der Waals surface area contributed by atoms with Crippen LogP contribution in [0.3, 0.4) is 0 Å². The van der Waals surface area contributed by atoms with Gasteiger partial charge >= 0.3 is 0 Å². The maximum Gasteiger partial charge on any atom is 0.143 e. The van der Waals surface area contributed by atoms with Crippen LogP contribution < -0.4 is 11.1 Å². The fourth-order valence-electron chi connectivity index (χ4n) is 1.55. The van der Waals surface area contributed by atoms with Gasteiger partial charge in [0.1, 0.15) is 11.6 Å². The van der Waals surface area contributed by atoms with Crippen molar-refractivity contribution in [3.05, 3.63) is 58.6 Å². The summed E-state index contributed by atoms with van der Waals surface area (Å²) in [4.78, 5) is 0. The molecule has 0 aliphatic heterocycles. The van der Waals surface area contributed by atoms with Gasteiger partial charge in [0.15, 0.2) is 0 Å². The van der Waals surface area contributed by atoms with Gasteiger partial charge in [-0.3, -0.25) is 0 Å². The van der Waals surface area contributed by atoms with E-state index in [1.807, 2.05) is 0 Å². The Hall–Kier alpha value is -1.81. The van der Waals surface area contributed by atoms with Crippen LogP contribution in [-0.4, -0.2) is 0 Å². The first-order chi connectivity index (χ1) is 8.58. The van der Waals surface area contributed by atoms with Gasteiger partial charge in [-0.15, -0.1) is 0 Å². The predicted molar refractivity (Wildman–Crippen MR) is 69.5 cm³/mol. The summed E-state index contributed by atoms with van der Waals surface area (Å²) in [6.45, 7) is 0.249. The molecule has 0 aromatic heterocycles. The van der Waals surface area contributed by atoms with E-state index >= 15 is 0 Å². The van der Waals surface area contributed by atoms with Crippen molar-refractivity contribution in [2.24, 2.45) is 0 Å². The van der Waals surface area contributed by atoms with Gasteiger partial charge in [-0.2, -0.15) is 0 Å². The third-order valence-corrected chi connectivity index (χ3v) is 2.81. The second-order valence-electron chi connectivity index (χ2n) is 3.80. The molecule has 94 valence electrons. The number of benzene rings is 2. The lowest BCUT2D eigenvalue weighted by molar-refractivity contribution is 0.613. The molecule has 0 bridgehead atoms. The van der Waals surface area contributed by atoms with E-state index in [1.54, 1.807) is 18.2 Å². The number of nitrogen functional groups attached to an aromatic ring is 1. The highest BCUT2D eigenvalue weighted by molar-refractivity contribution is 6.31. The van der Waals surface area contributed by atoms with Crippen molar-refractivity contribution in [2.75, 3.05) is 11.1 Å². The highest BCUT2D eigenvalue weighted by Gasteiger charge is 2.07. The molecule has 2 nitrogen and oxygen atoms in total. The number of halogens is 3. The van der Waals surface area contributed by atoms with Crippen LogP contribution in [0.2, 0.25) is 5.02 Å². The van der Waals surface area contributed by atoms with E-state index < -0.39 is 5.82 Å². The molecule has 2 aromatic rings. The van der Waals surface area contributed by atoms with E-state index in [0.29, 0.717) is 11.3 Å². The molecular weight excluding hydrogens is 258 g/mol. The van der Waals surface area contributed by atoms with Crippen LogP contribution in [-0.2, 0) is 6.54 Å². The summed E-state index contributed by atoms with van der Waals surface area (Å²) >= 11 is 5.65. The van der Waals surface area contributed by atoms with Crippen LogP contribution in [0, 0.1) is 11.6 Å². The normalized spacial score (nSPS) is 10.4. The lowest BCUT2D eigenvalue weighted by atomic mass is 10.2. The van der Waals surface area contributed by atoms with Crippen LogP contribution in [0.4, 0.5) is 20.2 Å². The Morgan fingerprint density at radius 3 is 2.56 bits per heavy atom. The first kappa shape index (κ1) is 12.6. The monoisotopic (exact) mass is 268 g/mol. The predicted octanol–water partition coefficient (Wildman–Crippen LogP) is 3.81. The van der Waals surface area contributed by atoms with Gasteiger partial charge < -0.3 is 11.1 Å². The van der Waals surface area contributed by atoms with Crippen molar-refractivity contribution in [1.29, 1.82) is 0 Å². The zero-order valence-electron chi connectivity index (χ0n) is 9.38. The molecule has 0 atom stereocenters. The molecule has 0 amide bonds. The van der Waals surface area contributed by atoms with Crippen LogP contribution >= 0.6 is 11.6 Å². The lowest BCUT2D eigenvalue weighted by Crippen LogP contribution is -2.04. The van der Waals surface area contributed by atoms with Gasteiger partial charge in [-0.05, 0) is 12.1 Å². The number of hydrogen-bond donors (Lipinski definition) is 2. The second-order valence-corrected chi connectivity index (χ2v) is 4.21. The van der Waals surface area contributed by atoms with E-state index in [9.17, 15) is 8.78 Å². The van der Waals surface area contributed by atoms with E-state index in [2.05, 4.69) is 5.32 Å². The standard InChI is InChI=1S/C13H11ClF2N2/c14-9-5-13(12(17)6-11(9)16)18-7-8-3-1-2-4-10(8)15/h1-6,18H,7,17H2. The maximum absolute atomic E-state index is 13.4. The van der Waals surface area contributed by atoms with Gasteiger partial charge in [-0.25, -0.2) is 8.78 Å². The molecule has 18 heavy (non-hydrogen) atoms. The zero-order chi connectivity index (χ0) is 13.1. The Morgan fingerprint density at radius 2 is 1.83 bits per heavy atom. The summed E-state index contributed by atoms with van der Waals surface area (Å²) in [7, 11) is 0. The number of nitrogens with two attached hydrogens (primary N) is 1. The topological polar surface area (TPSA) is 38.0 Å². The highest BCUT2D eigenvalue weighted by Crippen LogP contribution is 2.26. The highest BCUT2D eigenvalue weighted by atomic mass is 35.5. The minimum absolute atomic E-state index is 0.0276. The number of rotatable bonds is 3. The van der Waals surface area contributed by atoms with E-state index in [0.717, 1.165) is 6.07 Å². The Balaban J connectivity index is 2.16. The molecule has 0 spiro atoms. The van der Waals surface area contributed by atoms with E-state index in [1.165, 1.54) is 12.1 Å². The first-order valence-corrected chi connectivity index (χ1v) is 5.67. The minimum Gasteiger partial charge on any atom is -0.397 e. The first-order valence-electron chi connectivity index (χ1n) is 5.29. The number of hydrogen-bond acceptors (Lipinski definition) is 2. The molecule has 3 N–H and O–H groups in total. The Bertz CT molecular complexity index is 573. The maximum atomic E-state index is 13.4. The van der Waals surface area contributed by atoms with E-state index in [4.69, 9.17) is 17.3 Å². The summed E-state index contributed by atoms with van der Waals surface area (Å²) in [5.41, 5.74) is 6.84. The van der Waals surface area contributed by atoms with Crippen molar-refractivity contribution >= 4 is 23.0 Å². The van der Waals surface area contributed by atoms with Crippen molar-refractivity contribution in [3.63, 3.8) is 0 Å². The van der Waals surface area contributed by atoms with E-state index in [-0.39, 0.29) is 23.1 Å². The molecule has 0 saturated carbocycles. The number of anilines is 2. The van der Waals surface area contributed by atoms with Gasteiger partial charge in [-0.1, -0.05) is 29.8 Å². The summed E-state index contributed by atoms with van der Waals surface area (Å²) in [6, 6.07) is 8.89. The van der Waals surface area contributed by atoms with Crippen LogP contribution in [0.5, 0.6) is 0 Å². The second kappa shape index (κ2) is 5.23. The van der Waals surface area contributed by atoms with Gasteiger partial charge in [0.2, 0.25) is 0 Å².